The van der Waals surface area contributed by atoms with E-state index in [1.807, 2.05) is 12.1 Å². The Kier molecular flexibility index (Phi) is 5.94. The van der Waals surface area contributed by atoms with Crippen molar-refractivity contribution in [3.8, 4) is 0 Å². The second kappa shape index (κ2) is 8.21. The molecule has 1 atom stereocenters. The average molecular weight is 388 g/mol. The molecule has 0 saturated carbocycles. The Labute approximate surface area is 160 Å². The Hall–Kier alpha value is -2.22. The minimum atomic E-state index is -3.71. The summed E-state index contributed by atoms with van der Waals surface area (Å²) in [5.41, 5.74) is 1.99. The van der Waals surface area contributed by atoms with Gasteiger partial charge in [-0.25, -0.2) is 8.42 Å². The molecule has 0 radical (unpaired) electrons. The predicted molar refractivity (Wildman–Crippen MR) is 105 cm³/mol. The number of ketones is 1. The fraction of sp³-hybridized carbons (Fsp3) is 0.350. The summed E-state index contributed by atoms with van der Waals surface area (Å²) in [6.45, 7) is 7.03. The summed E-state index contributed by atoms with van der Waals surface area (Å²) >= 11 is 0. The van der Waals surface area contributed by atoms with E-state index in [0.717, 1.165) is 25.2 Å². The van der Waals surface area contributed by atoms with Crippen molar-refractivity contribution in [2.75, 3.05) is 31.0 Å². The predicted octanol–water partition coefficient (Wildman–Crippen LogP) is 3.08. The van der Waals surface area contributed by atoms with Crippen LogP contribution in [0.5, 0.6) is 0 Å². The van der Waals surface area contributed by atoms with E-state index >= 15 is 0 Å². The van der Waals surface area contributed by atoms with Crippen LogP contribution in [-0.2, 0) is 14.8 Å². The Morgan fingerprint density at radius 1 is 1.15 bits per heavy atom. The lowest BCUT2D eigenvalue weighted by Gasteiger charge is -2.32. The van der Waals surface area contributed by atoms with Gasteiger partial charge in [0, 0.05) is 24.3 Å². The molecule has 0 spiro atoms. The number of carbonyl (C=O) groups is 1. The highest BCUT2D eigenvalue weighted by Gasteiger charge is 2.21. The number of carbonyl (C=O) groups excluding carboxylic acids is 1. The number of anilines is 1. The summed E-state index contributed by atoms with van der Waals surface area (Å²) in [5, 5.41) is 0. The fourth-order valence-electron chi connectivity index (χ4n) is 3.04. The molecule has 1 fully saturated rings. The largest absolute Gasteiger partial charge is 0.371 e. The van der Waals surface area contributed by atoms with E-state index in [2.05, 4.69) is 16.5 Å². The van der Waals surface area contributed by atoms with Gasteiger partial charge in [0.25, 0.3) is 10.0 Å². The van der Waals surface area contributed by atoms with E-state index in [9.17, 15) is 13.2 Å². The van der Waals surface area contributed by atoms with Crippen LogP contribution in [-0.4, -0.2) is 45.3 Å². The molecule has 2 aromatic rings. The summed E-state index contributed by atoms with van der Waals surface area (Å²) in [6.07, 6.45) is 0.00322. The summed E-state index contributed by atoms with van der Waals surface area (Å²) in [5.74, 6) is -0.103. The number of morpholine rings is 1. The van der Waals surface area contributed by atoms with Crippen LogP contribution in [0.2, 0.25) is 0 Å². The Morgan fingerprint density at radius 2 is 1.81 bits per heavy atom. The van der Waals surface area contributed by atoms with Gasteiger partial charge >= 0.3 is 0 Å². The maximum absolute atomic E-state index is 12.5. The summed E-state index contributed by atoms with van der Waals surface area (Å²) < 4.78 is 33.4. The van der Waals surface area contributed by atoms with Gasteiger partial charge < -0.3 is 4.74 Å². The highest BCUT2D eigenvalue weighted by molar-refractivity contribution is 7.92. The molecule has 1 saturated heterocycles. The molecule has 7 heteroatoms. The molecule has 27 heavy (non-hydrogen) atoms. The van der Waals surface area contributed by atoms with Crippen LogP contribution in [0.4, 0.5) is 5.69 Å². The van der Waals surface area contributed by atoms with Crippen molar-refractivity contribution in [1.82, 2.24) is 4.90 Å². The maximum Gasteiger partial charge on any atom is 0.261 e. The molecule has 0 aromatic heterocycles. The van der Waals surface area contributed by atoms with Crippen molar-refractivity contribution in [2.45, 2.75) is 24.8 Å². The summed E-state index contributed by atoms with van der Waals surface area (Å²) in [7, 11) is -3.71. The first-order chi connectivity index (χ1) is 12.9. The number of sulfonamides is 1. The van der Waals surface area contributed by atoms with Crippen LogP contribution in [0.15, 0.2) is 53.4 Å². The Morgan fingerprint density at radius 3 is 2.41 bits per heavy atom. The molecule has 0 bridgehead atoms. The van der Waals surface area contributed by atoms with Gasteiger partial charge in [-0.15, -0.1) is 0 Å². The molecule has 1 aliphatic heterocycles. The number of Topliss-reactive ketones (excluding diaryl/α,β-unsaturated/α-hetero) is 1. The van der Waals surface area contributed by atoms with E-state index < -0.39 is 10.0 Å². The van der Waals surface area contributed by atoms with Crippen molar-refractivity contribution in [2.24, 2.45) is 0 Å². The van der Waals surface area contributed by atoms with Gasteiger partial charge in [0.05, 0.1) is 17.6 Å². The van der Waals surface area contributed by atoms with Crippen LogP contribution in [0.3, 0.4) is 0 Å². The van der Waals surface area contributed by atoms with Crippen molar-refractivity contribution < 1.29 is 17.9 Å². The molecule has 0 amide bonds. The van der Waals surface area contributed by atoms with Crippen molar-refractivity contribution >= 4 is 21.5 Å². The highest BCUT2D eigenvalue weighted by Crippen LogP contribution is 2.24. The van der Waals surface area contributed by atoms with Gasteiger partial charge in [0.15, 0.2) is 5.78 Å². The van der Waals surface area contributed by atoms with E-state index in [-0.39, 0.29) is 16.8 Å². The Balaban J connectivity index is 1.70. The first-order valence-electron chi connectivity index (χ1n) is 8.97. The summed E-state index contributed by atoms with van der Waals surface area (Å²) in [4.78, 5) is 13.8. The molecule has 144 valence electrons. The van der Waals surface area contributed by atoms with E-state index in [1.165, 1.54) is 31.2 Å². The van der Waals surface area contributed by atoms with Gasteiger partial charge in [0.1, 0.15) is 0 Å². The smallest absolute Gasteiger partial charge is 0.261 e. The molecule has 6 nitrogen and oxygen atoms in total. The zero-order valence-electron chi connectivity index (χ0n) is 15.5. The maximum atomic E-state index is 12.5. The van der Waals surface area contributed by atoms with Crippen molar-refractivity contribution in [3.05, 3.63) is 59.7 Å². The lowest BCUT2D eigenvalue weighted by atomic mass is 10.1. The number of hydrogen-bond donors (Lipinski definition) is 1. The van der Waals surface area contributed by atoms with Gasteiger partial charge in [-0.3, -0.25) is 14.4 Å². The number of nitrogens with zero attached hydrogens (tertiary/aromatic N) is 1. The number of likely N-dealkylation sites (N-methyl/N-ethyl adjacent to an activating group) is 1. The third kappa shape index (κ3) is 4.74. The molecule has 1 heterocycles. The molecular weight excluding hydrogens is 364 g/mol. The first-order valence-corrected chi connectivity index (χ1v) is 10.4. The van der Waals surface area contributed by atoms with Crippen molar-refractivity contribution in [1.29, 1.82) is 0 Å². The molecule has 0 aliphatic carbocycles. The topological polar surface area (TPSA) is 75.7 Å². The van der Waals surface area contributed by atoms with Crippen LogP contribution < -0.4 is 4.72 Å². The third-order valence-corrected chi connectivity index (χ3v) is 6.10. The van der Waals surface area contributed by atoms with Crippen LogP contribution in [0.1, 0.15) is 35.9 Å². The monoisotopic (exact) mass is 388 g/mol. The molecule has 2 aromatic carbocycles. The van der Waals surface area contributed by atoms with Crippen LogP contribution >= 0.6 is 0 Å². The highest BCUT2D eigenvalue weighted by atomic mass is 32.2. The lowest BCUT2D eigenvalue weighted by Crippen LogP contribution is -2.38. The van der Waals surface area contributed by atoms with Crippen LogP contribution in [0, 0.1) is 0 Å². The SMILES string of the molecule is CCN1CCOC(c2ccc(NS(=O)(=O)c3ccc(C(C)=O)cc3)cc2)C1. The van der Waals surface area contributed by atoms with Gasteiger partial charge in [0.2, 0.25) is 0 Å². The number of rotatable bonds is 6. The lowest BCUT2D eigenvalue weighted by molar-refractivity contribution is -0.0281. The second-order valence-electron chi connectivity index (χ2n) is 6.56. The molecule has 1 unspecified atom stereocenters. The zero-order chi connectivity index (χ0) is 19.4. The van der Waals surface area contributed by atoms with Gasteiger partial charge in [-0.05, 0) is 43.3 Å². The third-order valence-electron chi connectivity index (χ3n) is 4.70. The van der Waals surface area contributed by atoms with E-state index in [1.54, 1.807) is 12.1 Å². The quantitative estimate of drug-likeness (QED) is 0.770. The zero-order valence-corrected chi connectivity index (χ0v) is 16.3. The number of benzene rings is 2. The fourth-order valence-corrected chi connectivity index (χ4v) is 4.10. The Bertz CT molecular complexity index is 893. The molecule has 1 N–H and O–H groups in total. The minimum Gasteiger partial charge on any atom is -0.371 e. The van der Waals surface area contributed by atoms with E-state index in [0.29, 0.717) is 17.9 Å². The minimum absolute atomic E-state index is 0.00322. The normalized spacial score (nSPS) is 18.2. The molecule has 3 rings (SSSR count). The number of hydrogen-bond acceptors (Lipinski definition) is 5. The van der Waals surface area contributed by atoms with Gasteiger partial charge in [-0.2, -0.15) is 0 Å². The number of ether oxygens (including phenoxy) is 1. The number of nitrogens with one attached hydrogen (secondary N) is 1. The standard InChI is InChI=1S/C20H24N2O4S/c1-3-22-12-13-26-20(14-22)17-4-8-18(9-5-17)21-27(24,25)19-10-6-16(7-11-19)15(2)23/h4-11,20-21H,3,12-14H2,1-2H3. The summed E-state index contributed by atoms with van der Waals surface area (Å²) in [6, 6.07) is 13.2. The molecular formula is C20H24N2O4S. The second-order valence-corrected chi connectivity index (χ2v) is 8.24. The van der Waals surface area contributed by atoms with E-state index in [4.69, 9.17) is 4.74 Å². The first kappa shape index (κ1) is 19.5. The van der Waals surface area contributed by atoms with Gasteiger partial charge in [-0.1, -0.05) is 31.2 Å². The van der Waals surface area contributed by atoms with Crippen LogP contribution in [0.25, 0.3) is 0 Å². The molecule has 1 aliphatic rings. The van der Waals surface area contributed by atoms with Crippen molar-refractivity contribution in [3.63, 3.8) is 0 Å². The average Bonchev–Trinajstić information content (AvgIpc) is 2.68.